The molecule has 0 amide bonds. The van der Waals surface area contributed by atoms with Crippen LogP contribution in [0.2, 0.25) is 0 Å². The third kappa shape index (κ3) is 1.53. The van der Waals surface area contributed by atoms with Crippen LogP contribution in [-0.2, 0) is 0 Å². The maximum Gasteiger partial charge on any atom is 0.109 e. The van der Waals surface area contributed by atoms with Crippen LogP contribution in [0.25, 0.3) is 0 Å². The minimum atomic E-state index is 0.733. The van der Waals surface area contributed by atoms with Gasteiger partial charge in [-0.15, -0.1) is 0 Å². The molecule has 0 radical (unpaired) electrons. The highest BCUT2D eigenvalue weighted by Crippen LogP contribution is 2.24. The lowest BCUT2D eigenvalue weighted by atomic mass is 11.1. The largest absolute Gasteiger partial charge is 0.237 e. The van der Waals surface area contributed by atoms with Gasteiger partial charge < -0.3 is 0 Å². The van der Waals surface area contributed by atoms with Crippen molar-refractivity contribution in [3.63, 3.8) is 0 Å². The molecular weight excluding hydrogens is 199 g/mol. The number of hydrazine groups is 1. The van der Waals surface area contributed by atoms with Crippen molar-refractivity contribution in [1.29, 1.82) is 0 Å². The Balaban J connectivity index is 2.50. The average molecular weight is 201 g/mol. The van der Waals surface area contributed by atoms with Crippen LogP contribution < -0.4 is 4.83 Å². The second kappa shape index (κ2) is 2.26. The molecule has 0 aromatic heterocycles. The fourth-order valence-electron chi connectivity index (χ4n) is 0.229. The lowest BCUT2D eigenvalue weighted by Crippen LogP contribution is -2.09. The Morgan fingerprint density at radius 3 is 2.86 bits per heavy atom. The minimum absolute atomic E-state index is 0.733. The summed E-state index contributed by atoms with van der Waals surface area (Å²) in [5.74, 6) is 0. The molecule has 5 heteroatoms. The highest BCUT2D eigenvalue weighted by Gasteiger charge is 2.05. The van der Waals surface area contributed by atoms with E-state index in [4.69, 9.17) is 11.6 Å². The van der Waals surface area contributed by atoms with Crippen LogP contribution in [-0.4, -0.2) is 4.03 Å². The van der Waals surface area contributed by atoms with Crippen molar-refractivity contribution in [2.24, 2.45) is 0 Å². The third-order valence-electron chi connectivity index (χ3n) is 0.445. The summed E-state index contributed by atoms with van der Waals surface area (Å²) in [4.78, 5) is 2.81. The van der Waals surface area contributed by atoms with Crippen molar-refractivity contribution in [2.75, 3.05) is 0 Å². The molecule has 0 unspecified atom stereocenters. The second-order valence-electron chi connectivity index (χ2n) is 0.938. The first-order chi connectivity index (χ1) is 3.29. The maximum atomic E-state index is 5.50. The summed E-state index contributed by atoms with van der Waals surface area (Å²) in [5.41, 5.74) is 0. The van der Waals surface area contributed by atoms with E-state index in [1.807, 2.05) is 0 Å². The topological polar surface area (TPSA) is 15.3 Å². The van der Waals surface area contributed by atoms with E-state index in [0.29, 0.717) is 0 Å². The van der Waals surface area contributed by atoms with Crippen LogP contribution in [0.1, 0.15) is 0 Å². The Hall–Kier alpha value is 0.620. The Kier molecular flexibility index (Phi) is 1.86. The van der Waals surface area contributed by atoms with E-state index in [9.17, 15) is 0 Å². The Morgan fingerprint density at radius 2 is 2.71 bits per heavy atom. The predicted octanol–water partition coefficient (Wildman–Crippen LogP) is 1.80. The molecular formula is C2H2BrClN2S. The molecule has 40 valence electrons. The molecule has 0 atom stereocenters. The Morgan fingerprint density at radius 1 is 2.00 bits per heavy atom. The van der Waals surface area contributed by atoms with E-state index in [1.54, 1.807) is 10.2 Å². The number of nitrogens with zero attached hydrogens (tertiary/aromatic N) is 1. The molecule has 0 saturated carbocycles. The van der Waals surface area contributed by atoms with Gasteiger partial charge in [-0.25, -0.2) is 4.03 Å². The van der Waals surface area contributed by atoms with Gasteiger partial charge in [-0.05, 0) is 11.9 Å². The van der Waals surface area contributed by atoms with Crippen LogP contribution in [0.4, 0.5) is 0 Å². The number of hydrogen-bond acceptors (Lipinski definition) is 3. The van der Waals surface area contributed by atoms with E-state index >= 15 is 0 Å². The summed E-state index contributed by atoms with van der Waals surface area (Å²) in [6.07, 6.45) is 1.73. The molecule has 1 heterocycles. The molecule has 1 aliphatic heterocycles. The van der Waals surface area contributed by atoms with Gasteiger partial charge in [-0.3, -0.25) is 0 Å². The minimum Gasteiger partial charge on any atom is -0.237 e. The number of hydrogen-bond donors (Lipinski definition) is 1. The van der Waals surface area contributed by atoms with Crippen LogP contribution in [0.3, 0.4) is 0 Å². The number of halogens is 2. The summed E-state index contributed by atoms with van der Waals surface area (Å²) in [6, 6.07) is 0. The van der Waals surface area contributed by atoms with Crippen LogP contribution in [0.15, 0.2) is 10.6 Å². The molecule has 0 aromatic rings. The molecule has 0 saturated heterocycles. The van der Waals surface area contributed by atoms with E-state index in [1.165, 1.54) is 11.9 Å². The van der Waals surface area contributed by atoms with Gasteiger partial charge in [0.2, 0.25) is 0 Å². The Labute approximate surface area is 59.3 Å². The Bertz CT molecular complexity index is 106. The molecule has 0 fully saturated rings. The van der Waals surface area contributed by atoms with Crippen LogP contribution in [0.5, 0.6) is 0 Å². The monoisotopic (exact) mass is 200 g/mol. The van der Waals surface area contributed by atoms with E-state index in [0.717, 1.165) is 4.36 Å². The predicted molar refractivity (Wildman–Crippen MR) is 35.4 cm³/mol. The average Bonchev–Trinajstić information content (AvgIpc) is 1.87. The van der Waals surface area contributed by atoms with E-state index in [2.05, 4.69) is 21.0 Å². The SMILES string of the molecule is ClC1=CN(Br)NS1. The van der Waals surface area contributed by atoms with Crippen molar-refractivity contribution in [2.45, 2.75) is 0 Å². The van der Waals surface area contributed by atoms with Crippen molar-refractivity contribution in [3.8, 4) is 0 Å². The highest BCUT2D eigenvalue weighted by atomic mass is 79.9. The fraction of sp³-hybridized carbons (Fsp3) is 0. The maximum absolute atomic E-state index is 5.50. The first kappa shape index (κ1) is 5.75. The molecule has 0 aromatic carbocycles. The van der Waals surface area contributed by atoms with Gasteiger partial charge in [0, 0.05) is 0 Å². The summed E-state index contributed by atoms with van der Waals surface area (Å²) in [6.45, 7) is 0. The van der Waals surface area contributed by atoms with Crippen LogP contribution in [0, 0.1) is 0 Å². The lowest BCUT2D eigenvalue weighted by Gasteiger charge is -1.98. The van der Waals surface area contributed by atoms with Gasteiger partial charge in [-0.1, -0.05) is 11.6 Å². The summed E-state index contributed by atoms with van der Waals surface area (Å²) < 4.78 is 2.34. The summed E-state index contributed by atoms with van der Waals surface area (Å²) >= 11 is 9.98. The smallest absolute Gasteiger partial charge is 0.109 e. The highest BCUT2D eigenvalue weighted by molar-refractivity contribution is 9.07. The van der Waals surface area contributed by atoms with Gasteiger partial charge in [0.15, 0.2) is 0 Å². The molecule has 2 nitrogen and oxygen atoms in total. The molecule has 0 spiro atoms. The first-order valence-electron chi connectivity index (χ1n) is 1.54. The van der Waals surface area contributed by atoms with Crippen molar-refractivity contribution >= 4 is 39.7 Å². The second-order valence-corrected chi connectivity index (χ2v) is 3.16. The molecule has 0 bridgehead atoms. The van der Waals surface area contributed by atoms with Crippen LogP contribution >= 0.6 is 39.7 Å². The van der Waals surface area contributed by atoms with Crippen molar-refractivity contribution < 1.29 is 0 Å². The lowest BCUT2D eigenvalue weighted by molar-refractivity contribution is 0.642. The van der Waals surface area contributed by atoms with E-state index < -0.39 is 0 Å². The van der Waals surface area contributed by atoms with Crippen molar-refractivity contribution in [3.05, 3.63) is 10.6 Å². The zero-order chi connectivity index (χ0) is 5.28. The summed E-state index contributed by atoms with van der Waals surface area (Å²) in [5, 5.41) is 0. The van der Waals surface area contributed by atoms with Crippen molar-refractivity contribution in [1.82, 2.24) is 8.87 Å². The van der Waals surface area contributed by atoms with E-state index in [-0.39, 0.29) is 0 Å². The van der Waals surface area contributed by atoms with Gasteiger partial charge in [0.25, 0.3) is 0 Å². The molecule has 1 N–H and O–H groups in total. The normalized spacial score (nSPS) is 20.3. The zero-order valence-electron chi connectivity index (χ0n) is 3.19. The quantitative estimate of drug-likeness (QED) is 0.475. The number of rotatable bonds is 0. The van der Waals surface area contributed by atoms with Gasteiger partial charge >= 0.3 is 0 Å². The zero-order valence-corrected chi connectivity index (χ0v) is 6.35. The first-order valence-corrected chi connectivity index (χ1v) is 3.44. The summed E-state index contributed by atoms with van der Waals surface area (Å²) in [7, 11) is 0. The standard InChI is InChI=1S/C2H2BrClN2S/c3-6-1-2(4)7-5-6/h1,5H. The third-order valence-corrected chi connectivity index (χ3v) is 1.98. The molecule has 1 rings (SSSR count). The van der Waals surface area contributed by atoms with Gasteiger partial charge in [0.05, 0.1) is 22.3 Å². The van der Waals surface area contributed by atoms with Gasteiger partial charge in [0.1, 0.15) is 4.36 Å². The molecule has 0 aliphatic carbocycles. The molecule has 7 heavy (non-hydrogen) atoms. The van der Waals surface area contributed by atoms with Gasteiger partial charge in [-0.2, -0.15) is 4.83 Å². The molecule has 1 aliphatic rings. The number of nitrogens with one attached hydrogen (secondary N) is 1. The fourth-order valence-corrected chi connectivity index (χ4v) is 1.49.